The van der Waals surface area contributed by atoms with Crippen molar-refractivity contribution in [1.29, 1.82) is 0 Å². The van der Waals surface area contributed by atoms with Crippen molar-refractivity contribution in [1.82, 2.24) is 4.90 Å². The van der Waals surface area contributed by atoms with Gasteiger partial charge in [0.2, 0.25) is 0 Å². The molecule has 1 N–H and O–H groups in total. The van der Waals surface area contributed by atoms with E-state index in [1.165, 1.54) is 7.11 Å². The van der Waals surface area contributed by atoms with Crippen molar-refractivity contribution in [3.8, 4) is 5.75 Å². The van der Waals surface area contributed by atoms with Crippen LogP contribution in [0.15, 0.2) is 24.3 Å². The number of carboxylic acids is 1. The van der Waals surface area contributed by atoms with E-state index in [9.17, 15) is 9.59 Å². The smallest absolute Gasteiger partial charge is 0.341 e. The van der Waals surface area contributed by atoms with Gasteiger partial charge in [0.1, 0.15) is 11.9 Å². The molecule has 1 atom stereocenters. The molecule has 1 aromatic carbocycles. The van der Waals surface area contributed by atoms with Crippen molar-refractivity contribution in [2.75, 3.05) is 20.8 Å². The molecule has 0 saturated heterocycles. The molecule has 1 aromatic rings. The number of hydrogen-bond donors (Lipinski definition) is 1. The van der Waals surface area contributed by atoms with E-state index in [1.54, 1.807) is 36.2 Å². The molecule has 0 aliphatic carbocycles. The Morgan fingerprint density at radius 3 is 2.38 bits per heavy atom. The molecule has 0 aliphatic rings. The molecule has 6 heteroatoms. The van der Waals surface area contributed by atoms with Crippen LogP contribution in [0.2, 0.25) is 0 Å². The maximum Gasteiger partial charge on any atom is 0.341 e. The normalized spacial score (nSPS) is 11.8. The molecule has 0 fully saturated rings. The zero-order chi connectivity index (χ0) is 15.8. The first-order valence-electron chi connectivity index (χ1n) is 6.69. The molecule has 0 aromatic heterocycles. The van der Waals surface area contributed by atoms with Crippen molar-refractivity contribution in [2.24, 2.45) is 0 Å². The fourth-order valence-electron chi connectivity index (χ4n) is 1.88. The highest BCUT2D eigenvalue weighted by molar-refractivity contribution is 5.80. The lowest BCUT2D eigenvalue weighted by Crippen LogP contribution is -2.36. The number of aliphatic carboxylic acids is 1. The lowest BCUT2D eigenvalue weighted by molar-refractivity contribution is -0.141. The van der Waals surface area contributed by atoms with Crippen LogP contribution in [-0.4, -0.2) is 48.8 Å². The highest BCUT2D eigenvalue weighted by Gasteiger charge is 2.19. The molecule has 6 nitrogen and oxygen atoms in total. The van der Waals surface area contributed by atoms with Crippen molar-refractivity contribution >= 4 is 11.9 Å². The van der Waals surface area contributed by atoms with Crippen LogP contribution in [0, 0.1) is 0 Å². The third-order valence-electron chi connectivity index (χ3n) is 3.01. The Kier molecular flexibility index (Phi) is 6.68. The van der Waals surface area contributed by atoms with E-state index in [1.807, 2.05) is 6.92 Å². The van der Waals surface area contributed by atoms with E-state index < -0.39 is 12.1 Å². The van der Waals surface area contributed by atoms with E-state index in [0.717, 1.165) is 5.56 Å². The molecule has 0 saturated carbocycles. The van der Waals surface area contributed by atoms with E-state index in [4.69, 9.17) is 14.6 Å². The van der Waals surface area contributed by atoms with Crippen LogP contribution >= 0.6 is 0 Å². The second-order valence-electron chi connectivity index (χ2n) is 4.65. The molecule has 1 amide bonds. The summed E-state index contributed by atoms with van der Waals surface area (Å²) in [6.45, 7) is 1.98. The summed E-state index contributed by atoms with van der Waals surface area (Å²) in [5.74, 6) is -0.598. The Bertz CT molecular complexity index is 467. The van der Waals surface area contributed by atoms with Gasteiger partial charge < -0.3 is 19.5 Å². The fourth-order valence-corrected chi connectivity index (χ4v) is 1.88. The summed E-state index contributed by atoms with van der Waals surface area (Å²) < 4.78 is 10.2. The second-order valence-corrected chi connectivity index (χ2v) is 4.65. The van der Waals surface area contributed by atoms with Crippen LogP contribution in [0.25, 0.3) is 0 Å². The monoisotopic (exact) mass is 295 g/mol. The number of likely N-dealkylation sites (N-methyl/N-ethyl adjacent to an activating group) is 1. The van der Waals surface area contributed by atoms with Gasteiger partial charge >= 0.3 is 5.97 Å². The van der Waals surface area contributed by atoms with Gasteiger partial charge in [0, 0.05) is 20.7 Å². The Morgan fingerprint density at radius 2 is 1.90 bits per heavy atom. The third-order valence-corrected chi connectivity index (χ3v) is 3.01. The quantitative estimate of drug-likeness (QED) is 0.787. The second kappa shape index (κ2) is 8.26. The SMILES string of the molecule is CCC(OC)C(=O)N(C)Cc1ccc(OCC(=O)O)cc1. The molecule has 1 unspecified atom stereocenters. The summed E-state index contributed by atoms with van der Waals surface area (Å²) in [5, 5.41) is 8.53. The highest BCUT2D eigenvalue weighted by atomic mass is 16.5. The summed E-state index contributed by atoms with van der Waals surface area (Å²) in [6, 6.07) is 6.97. The molecule has 116 valence electrons. The molecule has 21 heavy (non-hydrogen) atoms. The number of carbonyl (C=O) groups is 2. The van der Waals surface area contributed by atoms with Gasteiger partial charge in [-0.1, -0.05) is 19.1 Å². The molecule has 1 rings (SSSR count). The van der Waals surface area contributed by atoms with Crippen LogP contribution in [0.1, 0.15) is 18.9 Å². The maximum absolute atomic E-state index is 12.1. The maximum atomic E-state index is 12.1. The molecule has 0 bridgehead atoms. The van der Waals surface area contributed by atoms with Crippen LogP contribution in [0.3, 0.4) is 0 Å². The minimum absolute atomic E-state index is 0.0637. The molecule has 0 spiro atoms. The lowest BCUT2D eigenvalue weighted by atomic mass is 10.2. The predicted molar refractivity (Wildman–Crippen MR) is 77.1 cm³/mol. The zero-order valence-electron chi connectivity index (χ0n) is 12.5. The van der Waals surface area contributed by atoms with Crippen molar-refractivity contribution in [3.05, 3.63) is 29.8 Å². The number of benzene rings is 1. The number of ether oxygens (including phenoxy) is 2. The van der Waals surface area contributed by atoms with Gasteiger partial charge in [-0.25, -0.2) is 4.79 Å². The predicted octanol–water partition coefficient (Wildman–Crippen LogP) is 1.53. The summed E-state index contributed by atoms with van der Waals surface area (Å²) in [6.07, 6.45) is 0.204. The summed E-state index contributed by atoms with van der Waals surface area (Å²) in [5.41, 5.74) is 0.930. The molecular formula is C15H21NO5. The molecular weight excluding hydrogens is 274 g/mol. The number of carboxylic acid groups (broad SMARTS) is 1. The van der Waals surface area contributed by atoms with Gasteiger partial charge in [-0.15, -0.1) is 0 Å². The number of hydrogen-bond acceptors (Lipinski definition) is 4. The van der Waals surface area contributed by atoms with Gasteiger partial charge in [0.25, 0.3) is 5.91 Å². The molecule has 0 radical (unpaired) electrons. The Hall–Kier alpha value is -2.08. The summed E-state index contributed by atoms with van der Waals surface area (Å²) in [7, 11) is 3.24. The lowest BCUT2D eigenvalue weighted by Gasteiger charge is -2.22. The summed E-state index contributed by atoms with van der Waals surface area (Å²) in [4.78, 5) is 24.1. The van der Waals surface area contributed by atoms with E-state index in [2.05, 4.69) is 0 Å². The Morgan fingerprint density at radius 1 is 1.29 bits per heavy atom. The van der Waals surface area contributed by atoms with Gasteiger partial charge in [0.05, 0.1) is 0 Å². The minimum Gasteiger partial charge on any atom is -0.482 e. The standard InChI is InChI=1S/C15H21NO5/c1-4-13(20-3)15(19)16(2)9-11-5-7-12(8-6-11)21-10-14(17)18/h5-8,13H,4,9-10H2,1-3H3,(H,17,18). The zero-order valence-corrected chi connectivity index (χ0v) is 12.5. The van der Waals surface area contributed by atoms with Crippen LogP contribution in [0.5, 0.6) is 5.75 Å². The number of carbonyl (C=O) groups excluding carboxylic acids is 1. The Labute approximate surface area is 124 Å². The van der Waals surface area contributed by atoms with Crippen LogP contribution < -0.4 is 4.74 Å². The Balaban J connectivity index is 2.58. The third kappa shape index (κ3) is 5.43. The van der Waals surface area contributed by atoms with Crippen molar-refractivity contribution in [2.45, 2.75) is 26.0 Å². The van der Waals surface area contributed by atoms with Gasteiger partial charge in [0.15, 0.2) is 6.61 Å². The first-order chi connectivity index (χ1) is 9.97. The average molecular weight is 295 g/mol. The van der Waals surface area contributed by atoms with Crippen LogP contribution in [0.4, 0.5) is 0 Å². The number of nitrogens with zero attached hydrogens (tertiary/aromatic N) is 1. The van der Waals surface area contributed by atoms with E-state index in [0.29, 0.717) is 18.7 Å². The van der Waals surface area contributed by atoms with Gasteiger partial charge in [-0.3, -0.25) is 4.79 Å². The van der Waals surface area contributed by atoms with E-state index >= 15 is 0 Å². The molecule has 0 heterocycles. The number of methoxy groups -OCH3 is 1. The first-order valence-corrected chi connectivity index (χ1v) is 6.69. The largest absolute Gasteiger partial charge is 0.482 e. The summed E-state index contributed by atoms with van der Waals surface area (Å²) >= 11 is 0. The number of rotatable bonds is 8. The highest BCUT2D eigenvalue weighted by Crippen LogP contribution is 2.14. The van der Waals surface area contributed by atoms with Crippen molar-refractivity contribution in [3.63, 3.8) is 0 Å². The first kappa shape index (κ1) is 17.0. The van der Waals surface area contributed by atoms with Crippen molar-refractivity contribution < 1.29 is 24.2 Å². The molecule has 0 aliphatic heterocycles. The van der Waals surface area contributed by atoms with E-state index in [-0.39, 0.29) is 12.5 Å². The fraction of sp³-hybridized carbons (Fsp3) is 0.467. The van der Waals surface area contributed by atoms with Gasteiger partial charge in [-0.2, -0.15) is 0 Å². The number of amides is 1. The topological polar surface area (TPSA) is 76.1 Å². The van der Waals surface area contributed by atoms with Gasteiger partial charge in [-0.05, 0) is 24.1 Å². The average Bonchev–Trinajstić information content (AvgIpc) is 2.47. The van der Waals surface area contributed by atoms with Crippen LogP contribution in [-0.2, 0) is 20.9 Å². The minimum atomic E-state index is -1.02.